The van der Waals surface area contributed by atoms with Crippen LogP contribution < -0.4 is 0 Å². The smallest absolute Gasteiger partial charge is 0.223 e. The van der Waals surface area contributed by atoms with Gasteiger partial charge < -0.3 is 0 Å². The molecule has 0 aromatic carbocycles. The highest BCUT2D eigenvalue weighted by Gasteiger charge is 2.26. The average Bonchev–Trinajstić information content (AvgIpc) is 1.78. The fourth-order valence-electron chi connectivity index (χ4n) is 0.615. The van der Waals surface area contributed by atoms with E-state index in [0.717, 1.165) is 0 Å². The first-order valence-corrected chi connectivity index (χ1v) is 12.1. The van der Waals surface area contributed by atoms with E-state index in [2.05, 4.69) is 61.8 Å². The van der Waals surface area contributed by atoms with Gasteiger partial charge in [-0.05, 0) is 55.2 Å². The second-order valence-electron chi connectivity index (χ2n) is 5.04. The summed E-state index contributed by atoms with van der Waals surface area (Å²) >= 11 is 3.27. The lowest BCUT2D eigenvalue weighted by Crippen LogP contribution is -2.42. The molecule has 0 atom stereocenters. The van der Waals surface area contributed by atoms with Crippen LogP contribution in [0, 0.1) is 0 Å². The number of rotatable bonds is 5. The lowest BCUT2D eigenvalue weighted by atomic mass is 11.1. The Labute approximate surface area is 97.4 Å². The highest BCUT2D eigenvalue weighted by Crippen LogP contribution is 2.19. The summed E-state index contributed by atoms with van der Waals surface area (Å²) in [5.41, 5.74) is 0. The van der Waals surface area contributed by atoms with Gasteiger partial charge in [-0.1, -0.05) is 6.58 Å². The second-order valence-corrected chi connectivity index (χ2v) is 14.8. The van der Waals surface area contributed by atoms with Gasteiger partial charge in [-0.3, -0.25) is 9.05 Å². The fourth-order valence-corrected chi connectivity index (χ4v) is 2.39. The molecule has 0 bridgehead atoms. The normalized spacial score (nSPS) is 12.8. The summed E-state index contributed by atoms with van der Waals surface area (Å²) in [6.45, 7) is 16.4. The molecule has 84 valence electrons. The van der Waals surface area contributed by atoms with Gasteiger partial charge in [-0.25, -0.2) is 0 Å². The highest BCUT2D eigenvalue weighted by atomic mass is 79.9. The second kappa shape index (κ2) is 4.93. The summed E-state index contributed by atoms with van der Waals surface area (Å²) in [5.74, 6) is 0. The maximum absolute atomic E-state index is 5.71. The molecular weight excluding hydrogens is 278 g/mol. The maximum atomic E-state index is 5.71. The number of hydroxylamine groups is 2. The predicted molar refractivity (Wildman–Crippen MR) is 68.8 cm³/mol. The largest absolute Gasteiger partial charge is 0.298 e. The van der Waals surface area contributed by atoms with Crippen molar-refractivity contribution < 1.29 is 9.05 Å². The van der Waals surface area contributed by atoms with Gasteiger partial charge in [0.05, 0.1) is 0 Å². The van der Waals surface area contributed by atoms with Crippen molar-refractivity contribution in [1.29, 1.82) is 0 Å². The van der Waals surface area contributed by atoms with Crippen LogP contribution in [0.2, 0.25) is 39.3 Å². The van der Waals surface area contributed by atoms with E-state index in [1.807, 2.05) is 0 Å². The molecule has 0 unspecified atom stereocenters. The first-order chi connectivity index (χ1) is 6.01. The maximum Gasteiger partial charge on any atom is 0.223 e. The van der Waals surface area contributed by atoms with E-state index < -0.39 is 16.6 Å². The molecule has 14 heavy (non-hydrogen) atoms. The van der Waals surface area contributed by atoms with Crippen molar-refractivity contribution in [3.63, 3.8) is 0 Å². The van der Waals surface area contributed by atoms with E-state index in [1.165, 1.54) is 5.23 Å². The Morgan fingerprint density at radius 2 is 1.29 bits per heavy atom. The molecule has 0 aliphatic rings. The number of nitrogens with zero attached hydrogens (tertiary/aromatic N) is 1. The van der Waals surface area contributed by atoms with E-state index in [1.54, 1.807) is 0 Å². The van der Waals surface area contributed by atoms with Crippen molar-refractivity contribution >= 4 is 32.6 Å². The number of hydrogen-bond donors (Lipinski definition) is 0. The van der Waals surface area contributed by atoms with Crippen LogP contribution >= 0.6 is 15.9 Å². The third-order valence-corrected chi connectivity index (χ3v) is 2.63. The quantitative estimate of drug-likeness (QED) is 0.439. The van der Waals surface area contributed by atoms with Gasteiger partial charge in [0.2, 0.25) is 16.6 Å². The van der Waals surface area contributed by atoms with Crippen LogP contribution in [0.3, 0.4) is 0 Å². The SMILES string of the molecule is C=C(Br)N(O[Si](C)(C)C)O[Si](C)(C)C. The lowest BCUT2D eigenvalue weighted by molar-refractivity contribution is -0.234. The van der Waals surface area contributed by atoms with Gasteiger partial charge in [-0.2, -0.15) is 0 Å². The molecule has 0 saturated heterocycles. The Hall–Kier alpha value is 0.374. The number of hydrogen-bond acceptors (Lipinski definition) is 3. The first-order valence-electron chi connectivity index (χ1n) is 4.54. The molecule has 0 aliphatic heterocycles. The molecule has 0 aromatic rings. The summed E-state index contributed by atoms with van der Waals surface area (Å²) in [5, 5.41) is 1.43. The third-order valence-electron chi connectivity index (χ3n) is 0.912. The van der Waals surface area contributed by atoms with E-state index >= 15 is 0 Å². The summed E-state index contributed by atoms with van der Waals surface area (Å²) < 4.78 is 12.0. The molecule has 0 spiro atoms. The van der Waals surface area contributed by atoms with Crippen LogP contribution in [0.4, 0.5) is 0 Å². The first kappa shape index (κ1) is 14.4. The Bertz CT molecular complexity index is 194. The molecule has 0 aliphatic carbocycles. The van der Waals surface area contributed by atoms with Crippen molar-refractivity contribution in [3.05, 3.63) is 11.2 Å². The molecule has 6 heteroatoms. The van der Waals surface area contributed by atoms with E-state index in [9.17, 15) is 0 Å². The van der Waals surface area contributed by atoms with Crippen molar-refractivity contribution in [3.8, 4) is 0 Å². The van der Waals surface area contributed by atoms with Crippen LogP contribution in [-0.2, 0) is 9.05 Å². The highest BCUT2D eigenvalue weighted by molar-refractivity contribution is 9.11. The zero-order valence-corrected chi connectivity index (χ0v) is 13.4. The summed E-state index contributed by atoms with van der Waals surface area (Å²) in [6.07, 6.45) is 0. The Balaban J connectivity index is 4.40. The standard InChI is InChI=1S/C8H20BrNO2Si2/c1-8(9)10(11-13(2,3)4)12-14(5,6)7/h1H2,2-7H3. The minimum absolute atomic E-state index is 0.613. The summed E-state index contributed by atoms with van der Waals surface area (Å²) in [4.78, 5) is 0. The molecule has 0 radical (unpaired) electrons. The van der Waals surface area contributed by atoms with Gasteiger partial charge in [0.15, 0.2) is 0 Å². The van der Waals surface area contributed by atoms with Crippen molar-refractivity contribution in [2.75, 3.05) is 0 Å². The minimum Gasteiger partial charge on any atom is -0.298 e. The van der Waals surface area contributed by atoms with E-state index in [-0.39, 0.29) is 0 Å². The molecule has 0 aromatic heterocycles. The molecule has 0 heterocycles. The molecule has 0 amide bonds. The summed E-state index contributed by atoms with van der Waals surface area (Å²) in [7, 11) is -3.30. The molecule has 0 N–H and O–H groups in total. The van der Waals surface area contributed by atoms with Gasteiger partial charge >= 0.3 is 0 Å². The summed E-state index contributed by atoms with van der Waals surface area (Å²) in [6, 6.07) is 0. The van der Waals surface area contributed by atoms with E-state index in [0.29, 0.717) is 4.61 Å². The topological polar surface area (TPSA) is 21.7 Å². The Kier molecular flexibility index (Phi) is 5.06. The molecule has 3 nitrogen and oxygen atoms in total. The van der Waals surface area contributed by atoms with Crippen LogP contribution in [0.15, 0.2) is 11.2 Å². The average molecular weight is 298 g/mol. The Morgan fingerprint density at radius 3 is 1.43 bits per heavy atom. The van der Waals surface area contributed by atoms with Gasteiger partial charge in [0.1, 0.15) is 4.61 Å². The van der Waals surface area contributed by atoms with Crippen LogP contribution in [-0.4, -0.2) is 21.9 Å². The van der Waals surface area contributed by atoms with Crippen LogP contribution in [0.1, 0.15) is 0 Å². The van der Waals surface area contributed by atoms with E-state index in [4.69, 9.17) is 9.05 Å². The third kappa shape index (κ3) is 7.75. The van der Waals surface area contributed by atoms with Crippen molar-refractivity contribution in [2.45, 2.75) is 39.3 Å². The minimum atomic E-state index is -1.65. The predicted octanol–water partition coefficient (Wildman–Crippen LogP) is 3.69. The molecule has 0 saturated carbocycles. The molecular formula is C8H20BrNO2Si2. The fraction of sp³-hybridized carbons (Fsp3) is 0.750. The Morgan fingerprint density at radius 1 is 1.00 bits per heavy atom. The zero-order valence-electron chi connectivity index (χ0n) is 9.85. The van der Waals surface area contributed by atoms with Gasteiger partial charge in [0, 0.05) is 0 Å². The molecule has 0 rings (SSSR count). The van der Waals surface area contributed by atoms with Crippen LogP contribution in [0.5, 0.6) is 0 Å². The lowest BCUT2D eigenvalue weighted by Gasteiger charge is -2.33. The van der Waals surface area contributed by atoms with Gasteiger partial charge in [0.25, 0.3) is 0 Å². The monoisotopic (exact) mass is 297 g/mol. The number of halogens is 1. The molecule has 0 fully saturated rings. The van der Waals surface area contributed by atoms with Crippen LogP contribution in [0.25, 0.3) is 0 Å². The zero-order chi connectivity index (χ0) is 11.6. The van der Waals surface area contributed by atoms with Gasteiger partial charge in [-0.15, -0.1) is 5.23 Å². The van der Waals surface area contributed by atoms with Crippen molar-refractivity contribution in [2.24, 2.45) is 0 Å². The van der Waals surface area contributed by atoms with Crippen molar-refractivity contribution in [1.82, 2.24) is 5.23 Å².